The summed E-state index contributed by atoms with van der Waals surface area (Å²) in [6.45, 7) is 4.64. The number of thiocarbonyl (C=S) groups is 1. The molecule has 1 amide bonds. The van der Waals surface area contributed by atoms with Crippen LogP contribution in [0.25, 0.3) is 0 Å². The van der Waals surface area contributed by atoms with Crippen molar-refractivity contribution in [1.82, 2.24) is 9.80 Å². The Labute approximate surface area is 150 Å². The van der Waals surface area contributed by atoms with Crippen molar-refractivity contribution >= 4 is 56.1 Å². The van der Waals surface area contributed by atoms with Crippen molar-refractivity contribution in [3.63, 3.8) is 0 Å². The molecule has 0 aromatic rings. The van der Waals surface area contributed by atoms with Crippen LogP contribution in [0.15, 0.2) is 22.1 Å². The summed E-state index contributed by atoms with van der Waals surface area (Å²) in [5.74, 6) is 0.609. The van der Waals surface area contributed by atoms with Crippen molar-refractivity contribution < 1.29 is 17.8 Å². The first kappa shape index (κ1) is 18.8. The van der Waals surface area contributed by atoms with Crippen molar-refractivity contribution in [2.75, 3.05) is 18.8 Å². The van der Waals surface area contributed by atoms with Gasteiger partial charge in [0.05, 0.1) is 9.93 Å². The fourth-order valence-electron chi connectivity index (χ4n) is 2.40. The maximum atomic E-state index is 12.1. The summed E-state index contributed by atoms with van der Waals surface area (Å²) < 4.78 is 32.9. The minimum absolute atomic E-state index is 0.129. The molecule has 2 fully saturated rings. The minimum Gasteiger partial charge on any atom is -0.347 e. The molecule has 2 heterocycles. The Hall–Kier alpha value is -0.550. The van der Waals surface area contributed by atoms with Gasteiger partial charge in [0.15, 0.2) is 5.37 Å². The Morgan fingerprint density at radius 2 is 2.09 bits per heavy atom. The van der Waals surface area contributed by atoms with Crippen LogP contribution >= 0.6 is 35.7 Å². The van der Waals surface area contributed by atoms with E-state index >= 15 is 0 Å². The highest BCUT2D eigenvalue weighted by Gasteiger charge is 2.33. The maximum absolute atomic E-state index is 12.1. The summed E-state index contributed by atoms with van der Waals surface area (Å²) >= 11 is 7.90. The van der Waals surface area contributed by atoms with Gasteiger partial charge in [0.25, 0.3) is 16.0 Å². The summed E-state index contributed by atoms with van der Waals surface area (Å²) in [5.41, 5.74) is 0. The van der Waals surface area contributed by atoms with Crippen LogP contribution in [0.5, 0.6) is 0 Å². The molecule has 23 heavy (non-hydrogen) atoms. The van der Waals surface area contributed by atoms with Gasteiger partial charge in [-0.1, -0.05) is 30.9 Å². The molecule has 2 aliphatic heterocycles. The average Bonchev–Trinajstić information content (AvgIpc) is 3.01. The molecule has 1 N–H and O–H groups in total. The van der Waals surface area contributed by atoms with Gasteiger partial charge in [-0.3, -0.25) is 14.2 Å². The van der Waals surface area contributed by atoms with Gasteiger partial charge >= 0.3 is 0 Å². The van der Waals surface area contributed by atoms with Crippen LogP contribution in [-0.2, 0) is 14.9 Å². The van der Waals surface area contributed by atoms with Crippen molar-refractivity contribution in [3.05, 3.63) is 22.1 Å². The molecule has 0 aromatic carbocycles. The first-order chi connectivity index (χ1) is 10.8. The topological polar surface area (TPSA) is 77.9 Å². The van der Waals surface area contributed by atoms with E-state index in [9.17, 15) is 17.8 Å². The predicted octanol–water partition coefficient (Wildman–Crippen LogP) is 2.26. The SMILES string of the molecule is CCC(N1CCS/C1=C\C=C1\SC(=S)N(CC)C1=O)S(=O)(=O)O. The number of hydrogen-bond donors (Lipinski definition) is 1. The summed E-state index contributed by atoms with van der Waals surface area (Å²) in [4.78, 5) is 15.9. The fraction of sp³-hybridized carbons (Fsp3) is 0.538. The molecule has 1 atom stereocenters. The van der Waals surface area contributed by atoms with Gasteiger partial charge in [-0.15, -0.1) is 11.8 Å². The van der Waals surface area contributed by atoms with Crippen LogP contribution < -0.4 is 0 Å². The lowest BCUT2D eigenvalue weighted by atomic mass is 10.4. The molecule has 2 saturated heterocycles. The third-order valence-electron chi connectivity index (χ3n) is 3.47. The molecule has 2 aliphatic rings. The maximum Gasteiger partial charge on any atom is 0.286 e. The minimum atomic E-state index is -4.15. The standard InChI is InChI=1S/C13H18N2O4S4/c1-3-11(23(17,18)19)15-7-8-21-10(15)6-5-9-12(16)14(4-2)13(20)22-9/h5-6,11H,3-4,7-8H2,1-2H3,(H,17,18,19)/b9-5+,10-6-. The Morgan fingerprint density at radius 1 is 1.39 bits per heavy atom. The van der Waals surface area contributed by atoms with Gasteiger partial charge in [0.2, 0.25) is 0 Å². The molecule has 0 radical (unpaired) electrons. The first-order valence-electron chi connectivity index (χ1n) is 7.11. The quantitative estimate of drug-likeness (QED) is 0.432. The van der Waals surface area contributed by atoms with Crippen LogP contribution in [0.2, 0.25) is 0 Å². The van der Waals surface area contributed by atoms with E-state index in [2.05, 4.69) is 0 Å². The molecule has 0 spiro atoms. The van der Waals surface area contributed by atoms with Gasteiger partial charge in [-0.25, -0.2) is 0 Å². The number of amides is 1. The number of likely N-dealkylation sites (N-methyl/N-ethyl adjacent to an activating group) is 1. The second-order valence-corrected chi connectivity index (χ2v) is 9.24. The Morgan fingerprint density at radius 3 is 2.61 bits per heavy atom. The number of allylic oxidation sites excluding steroid dienone is 2. The van der Waals surface area contributed by atoms with E-state index in [0.29, 0.717) is 22.3 Å². The number of carbonyl (C=O) groups is 1. The molecular weight excluding hydrogens is 376 g/mol. The highest BCUT2D eigenvalue weighted by atomic mass is 32.2. The summed E-state index contributed by atoms with van der Waals surface area (Å²) in [7, 11) is -4.15. The van der Waals surface area contributed by atoms with Crippen LogP contribution in [0.3, 0.4) is 0 Å². The normalized spacial score (nSPS) is 24.3. The Kier molecular flexibility index (Phi) is 6.17. The van der Waals surface area contributed by atoms with Crippen molar-refractivity contribution in [3.8, 4) is 0 Å². The van der Waals surface area contributed by atoms with Gasteiger partial charge in [0, 0.05) is 18.8 Å². The fourth-order valence-corrected chi connectivity index (χ4v) is 5.80. The molecule has 2 rings (SSSR count). The van der Waals surface area contributed by atoms with Crippen LogP contribution in [-0.4, -0.2) is 57.2 Å². The van der Waals surface area contributed by atoms with E-state index in [0.717, 1.165) is 10.8 Å². The molecule has 6 nitrogen and oxygen atoms in total. The first-order valence-corrected chi connectivity index (χ1v) is 10.8. The van der Waals surface area contributed by atoms with Gasteiger partial charge in [-0.2, -0.15) is 8.42 Å². The number of carbonyl (C=O) groups excluding carboxylic acids is 1. The van der Waals surface area contributed by atoms with Gasteiger partial charge < -0.3 is 4.90 Å². The lowest BCUT2D eigenvalue weighted by Crippen LogP contribution is -2.37. The van der Waals surface area contributed by atoms with E-state index < -0.39 is 15.5 Å². The summed E-state index contributed by atoms with van der Waals surface area (Å²) in [6, 6.07) is 0. The predicted molar refractivity (Wildman–Crippen MR) is 98.5 cm³/mol. The number of rotatable bonds is 5. The molecule has 1 unspecified atom stereocenters. The van der Waals surface area contributed by atoms with Crippen molar-refractivity contribution in [1.29, 1.82) is 0 Å². The third-order valence-corrected chi connectivity index (χ3v) is 7.20. The Bertz CT molecular complexity index is 671. The molecule has 0 aromatic heterocycles. The van der Waals surface area contributed by atoms with E-state index in [4.69, 9.17) is 12.2 Å². The monoisotopic (exact) mass is 394 g/mol. The molecular formula is C13H18N2O4S4. The number of nitrogens with zero attached hydrogens (tertiary/aromatic N) is 2. The van der Waals surface area contributed by atoms with Crippen molar-refractivity contribution in [2.24, 2.45) is 0 Å². The lowest BCUT2D eigenvalue weighted by molar-refractivity contribution is -0.122. The van der Waals surface area contributed by atoms with Gasteiger partial charge in [-0.05, 0) is 25.5 Å². The van der Waals surface area contributed by atoms with Crippen LogP contribution in [0.4, 0.5) is 0 Å². The second-order valence-electron chi connectivity index (χ2n) is 4.87. The zero-order valence-corrected chi connectivity index (χ0v) is 16.0. The van der Waals surface area contributed by atoms with E-state index in [-0.39, 0.29) is 12.3 Å². The highest BCUT2D eigenvalue weighted by Crippen LogP contribution is 2.34. The lowest BCUT2D eigenvalue weighted by Gasteiger charge is -2.26. The second kappa shape index (κ2) is 7.56. The van der Waals surface area contributed by atoms with Crippen molar-refractivity contribution in [2.45, 2.75) is 25.6 Å². The molecule has 0 bridgehead atoms. The molecule has 128 valence electrons. The van der Waals surface area contributed by atoms with E-state index in [1.807, 2.05) is 6.92 Å². The van der Waals surface area contributed by atoms with Crippen LogP contribution in [0, 0.1) is 0 Å². The largest absolute Gasteiger partial charge is 0.347 e. The summed E-state index contributed by atoms with van der Waals surface area (Å²) in [5, 5.41) is -0.224. The van der Waals surface area contributed by atoms with E-state index in [1.165, 1.54) is 28.4 Å². The van der Waals surface area contributed by atoms with Gasteiger partial charge in [0.1, 0.15) is 4.32 Å². The number of thioether (sulfide) groups is 2. The summed E-state index contributed by atoms with van der Waals surface area (Å²) in [6.07, 6.45) is 3.69. The average molecular weight is 395 g/mol. The third kappa shape index (κ3) is 4.11. The molecule has 10 heteroatoms. The van der Waals surface area contributed by atoms with E-state index in [1.54, 1.807) is 24.0 Å². The zero-order valence-electron chi connectivity index (χ0n) is 12.8. The molecule has 0 saturated carbocycles. The Balaban J connectivity index is 2.24. The number of hydrogen-bond acceptors (Lipinski definition) is 7. The zero-order chi connectivity index (χ0) is 17.2. The highest BCUT2D eigenvalue weighted by molar-refractivity contribution is 8.26. The smallest absolute Gasteiger partial charge is 0.286 e. The van der Waals surface area contributed by atoms with Crippen LogP contribution in [0.1, 0.15) is 20.3 Å². The molecule has 0 aliphatic carbocycles.